The zero-order valence-electron chi connectivity index (χ0n) is 20.3. The number of carbonyl (C=O) groups excluding carboxylic acids is 1. The van der Waals surface area contributed by atoms with Crippen LogP contribution in [0.2, 0.25) is 10.0 Å². The van der Waals surface area contributed by atoms with Gasteiger partial charge in [-0.1, -0.05) is 53.2 Å². The number of aliphatic hydroxyl groups is 1. The van der Waals surface area contributed by atoms with Crippen molar-refractivity contribution in [2.24, 2.45) is 5.73 Å². The molecule has 0 bridgehead atoms. The Kier molecular flexibility index (Phi) is 10.5. The molecule has 37 heavy (non-hydrogen) atoms. The van der Waals surface area contributed by atoms with Gasteiger partial charge in [0, 0.05) is 54.9 Å². The first-order valence-electron chi connectivity index (χ1n) is 12.1. The molecule has 1 aliphatic rings. The molecule has 2 aromatic carbocycles. The Morgan fingerprint density at radius 3 is 2.78 bits per heavy atom. The lowest BCUT2D eigenvalue weighted by Crippen LogP contribution is -2.44. The van der Waals surface area contributed by atoms with Crippen LogP contribution in [0, 0.1) is 0 Å². The largest absolute Gasteiger partial charge is 0.395 e. The number of thiazole rings is 1. The van der Waals surface area contributed by atoms with Gasteiger partial charge in [0.1, 0.15) is 0 Å². The Balaban J connectivity index is 1.19. The molecular weight excluding hydrogens is 549 g/mol. The molecule has 11 heteroatoms. The fourth-order valence-corrected chi connectivity index (χ4v) is 6.05. The van der Waals surface area contributed by atoms with E-state index in [0.29, 0.717) is 22.3 Å². The molecule has 5 N–H and O–H groups in total. The van der Waals surface area contributed by atoms with Gasteiger partial charge in [0.15, 0.2) is 4.34 Å². The van der Waals surface area contributed by atoms with Gasteiger partial charge in [0.25, 0.3) is 0 Å². The van der Waals surface area contributed by atoms with Crippen LogP contribution in [0.3, 0.4) is 0 Å². The predicted molar refractivity (Wildman–Crippen MR) is 155 cm³/mol. The van der Waals surface area contributed by atoms with Gasteiger partial charge in [0.2, 0.25) is 5.91 Å². The SMILES string of the molecule is N[C@H](CO)CNc1cccc(-c2csc(SCC(=O)NC3CCN(Cc4ccc(Cl)c(Cl)c4)CC3)n2)c1. The van der Waals surface area contributed by atoms with E-state index in [9.17, 15) is 4.79 Å². The molecule has 1 atom stereocenters. The molecule has 0 saturated carbocycles. The summed E-state index contributed by atoms with van der Waals surface area (Å²) >= 11 is 15.1. The predicted octanol–water partition coefficient (Wildman–Crippen LogP) is 4.72. The number of halogens is 2. The lowest BCUT2D eigenvalue weighted by atomic mass is 10.0. The van der Waals surface area contributed by atoms with Gasteiger partial charge in [-0.3, -0.25) is 9.69 Å². The average Bonchev–Trinajstić information content (AvgIpc) is 3.39. The van der Waals surface area contributed by atoms with Crippen molar-refractivity contribution in [2.75, 3.05) is 37.3 Å². The minimum Gasteiger partial charge on any atom is -0.395 e. The van der Waals surface area contributed by atoms with E-state index in [1.165, 1.54) is 23.1 Å². The Labute approximate surface area is 235 Å². The van der Waals surface area contributed by atoms with Crippen molar-refractivity contribution < 1.29 is 9.90 Å². The number of hydrogen-bond acceptors (Lipinski definition) is 8. The number of amides is 1. The fraction of sp³-hybridized carbons (Fsp3) is 0.385. The second kappa shape index (κ2) is 13.8. The van der Waals surface area contributed by atoms with Crippen molar-refractivity contribution in [3.63, 3.8) is 0 Å². The lowest BCUT2D eigenvalue weighted by Gasteiger charge is -2.32. The molecule has 1 aromatic heterocycles. The third kappa shape index (κ3) is 8.58. The molecule has 4 rings (SSSR count). The number of hydrogen-bond donors (Lipinski definition) is 4. The standard InChI is InChI=1S/C26H31Cl2N5O2S2/c27-22-5-4-17(10-23(22)28)13-33-8-6-20(7-9-33)31-25(35)16-37-26-32-24(15-36-26)18-2-1-3-21(11-18)30-12-19(29)14-34/h1-5,10-11,15,19-20,30,34H,6-9,12-14,16,29H2,(H,31,35)/t19-/m0/s1. The first kappa shape index (κ1) is 28.2. The zero-order chi connectivity index (χ0) is 26.2. The molecule has 1 fully saturated rings. The average molecular weight is 581 g/mol. The van der Waals surface area contributed by atoms with E-state index in [1.807, 2.05) is 47.8 Å². The minimum atomic E-state index is -0.307. The van der Waals surface area contributed by atoms with Crippen molar-refractivity contribution in [3.8, 4) is 11.3 Å². The Morgan fingerprint density at radius 1 is 1.22 bits per heavy atom. The van der Waals surface area contributed by atoms with Crippen LogP contribution in [0.4, 0.5) is 5.69 Å². The van der Waals surface area contributed by atoms with Gasteiger partial charge >= 0.3 is 0 Å². The minimum absolute atomic E-state index is 0.0381. The highest BCUT2D eigenvalue weighted by atomic mass is 35.5. The summed E-state index contributed by atoms with van der Waals surface area (Å²) in [5.74, 6) is 0.382. The van der Waals surface area contributed by atoms with E-state index < -0.39 is 0 Å². The van der Waals surface area contributed by atoms with Crippen LogP contribution < -0.4 is 16.4 Å². The van der Waals surface area contributed by atoms with Crippen molar-refractivity contribution >= 4 is 57.9 Å². The summed E-state index contributed by atoms with van der Waals surface area (Å²) in [6.07, 6.45) is 1.85. The van der Waals surface area contributed by atoms with Gasteiger partial charge in [-0.15, -0.1) is 11.3 Å². The summed E-state index contributed by atoms with van der Waals surface area (Å²) in [6, 6.07) is 13.6. The van der Waals surface area contributed by atoms with Crippen LogP contribution in [-0.4, -0.2) is 65.0 Å². The molecule has 0 unspecified atom stereocenters. The number of piperidine rings is 1. The maximum absolute atomic E-state index is 12.6. The number of nitrogens with two attached hydrogens (primary N) is 1. The molecule has 1 aliphatic heterocycles. The maximum Gasteiger partial charge on any atom is 0.230 e. The van der Waals surface area contributed by atoms with Gasteiger partial charge in [0.05, 0.1) is 28.1 Å². The summed E-state index contributed by atoms with van der Waals surface area (Å²) in [5.41, 5.74) is 9.69. The highest BCUT2D eigenvalue weighted by Gasteiger charge is 2.21. The quantitative estimate of drug-likeness (QED) is 0.244. The fourth-order valence-electron chi connectivity index (χ4n) is 4.09. The lowest BCUT2D eigenvalue weighted by molar-refractivity contribution is -0.119. The van der Waals surface area contributed by atoms with Crippen molar-refractivity contribution in [1.29, 1.82) is 0 Å². The first-order chi connectivity index (χ1) is 17.9. The summed E-state index contributed by atoms with van der Waals surface area (Å²) < 4.78 is 0.863. The third-order valence-corrected chi connectivity index (χ3v) is 8.87. The first-order valence-corrected chi connectivity index (χ1v) is 14.8. The van der Waals surface area contributed by atoms with E-state index in [1.54, 1.807) is 0 Å². The van der Waals surface area contributed by atoms with Crippen LogP contribution in [0.15, 0.2) is 52.2 Å². The Morgan fingerprint density at radius 2 is 2.03 bits per heavy atom. The van der Waals surface area contributed by atoms with Gasteiger partial charge < -0.3 is 21.5 Å². The number of anilines is 1. The van der Waals surface area contributed by atoms with Crippen LogP contribution in [0.5, 0.6) is 0 Å². The second-order valence-corrected chi connectivity index (χ2v) is 12.0. The molecule has 0 radical (unpaired) electrons. The van der Waals surface area contributed by atoms with Gasteiger partial charge in [-0.05, 0) is 42.7 Å². The van der Waals surface area contributed by atoms with Crippen LogP contribution in [-0.2, 0) is 11.3 Å². The number of carbonyl (C=O) groups is 1. The van der Waals surface area contributed by atoms with E-state index in [2.05, 4.69) is 15.5 Å². The van der Waals surface area contributed by atoms with Crippen LogP contribution in [0.25, 0.3) is 11.3 Å². The van der Waals surface area contributed by atoms with Gasteiger partial charge in [-0.2, -0.15) is 0 Å². The molecular formula is C26H31Cl2N5O2S2. The number of thioether (sulfide) groups is 1. The molecule has 2 heterocycles. The number of nitrogens with zero attached hydrogens (tertiary/aromatic N) is 2. The molecule has 0 aliphatic carbocycles. The van der Waals surface area contributed by atoms with Crippen LogP contribution in [0.1, 0.15) is 18.4 Å². The number of nitrogens with one attached hydrogen (secondary N) is 2. The number of rotatable bonds is 11. The van der Waals surface area contributed by atoms with Crippen molar-refractivity contribution in [2.45, 2.75) is 35.8 Å². The molecule has 1 saturated heterocycles. The smallest absolute Gasteiger partial charge is 0.230 e. The highest BCUT2D eigenvalue weighted by molar-refractivity contribution is 8.01. The summed E-state index contributed by atoms with van der Waals surface area (Å²) in [5, 5.41) is 18.7. The van der Waals surface area contributed by atoms with E-state index in [0.717, 1.165) is 59.3 Å². The van der Waals surface area contributed by atoms with Gasteiger partial charge in [-0.25, -0.2) is 4.98 Å². The summed E-state index contributed by atoms with van der Waals surface area (Å²) in [4.78, 5) is 19.6. The van der Waals surface area contributed by atoms with E-state index in [4.69, 9.17) is 39.0 Å². The molecule has 3 aromatic rings. The number of benzene rings is 2. The second-order valence-electron chi connectivity index (χ2n) is 9.06. The molecule has 0 spiro atoms. The summed E-state index contributed by atoms with van der Waals surface area (Å²) in [6.45, 7) is 3.10. The third-order valence-electron chi connectivity index (χ3n) is 6.11. The summed E-state index contributed by atoms with van der Waals surface area (Å²) in [7, 11) is 0. The Bertz CT molecular complexity index is 1190. The Hall–Kier alpha value is -1.85. The monoisotopic (exact) mass is 579 g/mol. The van der Waals surface area contributed by atoms with Crippen molar-refractivity contribution in [3.05, 3.63) is 63.5 Å². The molecule has 1 amide bonds. The number of aliphatic hydroxyl groups excluding tert-OH is 1. The van der Waals surface area contributed by atoms with Crippen LogP contribution >= 0.6 is 46.3 Å². The maximum atomic E-state index is 12.6. The molecule has 7 nitrogen and oxygen atoms in total. The van der Waals surface area contributed by atoms with E-state index in [-0.39, 0.29) is 24.6 Å². The van der Waals surface area contributed by atoms with Crippen molar-refractivity contribution in [1.82, 2.24) is 15.2 Å². The molecule has 198 valence electrons. The zero-order valence-corrected chi connectivity index (χ0v) is 23.5. The number of aromatic nitrogens is 1. The topological polar surface area (TPSA) is 104 Å². The van der Waals surface area contributed by atoms with E-state index >= 15 is 0 Å². The highest BCUT2D eigenvalue weighted by Crippen LogP contribution is 2.29. The number of likely N-dealkylation sites (tertiary alicyclic amines) is 1. The normalized spacial score (nSPS) is 15.5.